The summed E-state index contributed by atoms with van der Waals surface area (Å²) in [5, 5.41) is 10.8. The lowest BCUT2D eigenvalue weighted by Gasteiger charge is -2.24. The number of hydrogen-bond donors (Lipinski definition) is 1. The fraction of sp³-hybridized carbons (Fsp3) is 0.357. The molecule has 5 nitrogen and oxygen atoms in total. The topological polar surface area (TPSA) is 58.1 Å². The third-order valence-electron chi connectivity index (χ3n) is 3.63. The second-order valence-electron chi connectivity index (χ2n) is 4.96. The van der Waals surface area contributed by atoms with Crippen molar-refractivity contribution in [2.75, 3.05) is 18.9 Å². The number of benzene rings is 1. The SMILES string of the molecule is CN(CC(=O)Nc1nncs1)C1CCc2ccccc21. The van der Waals surface area contributed by atoms with E-state index >= 15 is 0 Å². The van der Waals surface area contributed by atoms with Crippen LogP contribution in [-0.4, -0.2) is 34.6 Å². The van der Waals surface area contributed by atoms with Crippen molar-refractivity contribution in [1.82, 2.24) is 15.1 Å². The first-order chi connectivity index (χ1) is 9.74. The zero-order chi connectivity index (χ0) is 13.9. The number of aryl methyl sites for hydroxylation is 1. The quantitative estimate of drug-likeness (QED) is 0.936. The molecular formula is C14H16N4OS. The van der Waals surface area contributed by atoms with E-state index in [4.69, 9.17) is 0 Å². The summed E-state index contributed by atoms with van der Waals surface area (Å²) in [7, 11) is 1.99. The molecule has 0 radical (unpaired) electrons. The van der Waals surface area contributed by atoms with Crippen molar-refractivity contribution in [3.63, 3.8) is 0 Å². The number of nitrogens with zero attached hydrogens (tertiary/aromatic N) is 3. The van der Waals surface area contributed by atoms with Crippen LogP contribution in [-0.2, 0) is 11.2 Å². The van der Waals surface area contributed by atoms with Crippen LogP contribution in [0.4, 0.5) is 5.13 Å². The van der Waals surface area contributed by atoms with Crippen LogP contribution in [0.1, 0.15) is 23.6 Å². The summed E-state index contributed by atoms with van der Waals surface area (Å²) in [5.41, 5.74) is 4.35. The number of carbonyl (C=O) groups is 1. The molecular weight excluding hydrogens is 272 g/mol. The minimum atomic E-state index is -0.0476. The molecule has 6 heteroatoms. The van der Waals surface area contributed by atoms with Gasteiger partial charge in [0, 0.05) is 6.04 Å². The molecule has 0 fully saturated rings. The van der Waals surface area contributed by atoms with Gasteiger partial charge in [-0.3, -0.25) is 15.0 Å². The van der Waals surface area contributed by atoms with Gasteiger partial charge in [0.05, 0.1) is 6.54 Å². The molecule has 1 atom stereocenters. The van der Waals surface area contributed by atoms with Gasteiger partial charge in [0.15, 0.2) is 0 Å². The van der Waals surface area contributed by atoms with Crippen LogP contribution >= 0.6 is 11.3 Å². The maximum atomic E-state index is 12.0. The van der Waals surface area contributed by atoms with Gasteiger partial charge in [0.1, 0.15) is 5.51 Å². The largest absolute Gasteiger partial charge is 0.299 e. The summed E-state index contributed by atoms with van der Waals surface area (Å²) in [6.45, 7) is 0.360. The molecule has 20 heavy (non-hydrogen) atoms. The molecule has 1 aliphatic rings. The Hall–Kier alpha value is -1.79. The monoisotopic (exact) mass is 288 g/mol. The van der Waals surface area contributed by atoms with E-state index < -0.39 is 0 Å². The Balaban J connectivity index is 1.63. The van der Waals surface area contributed by atoms with Gasteiger partial charge in [-0.15, -0.1) is 10.2 Å². The summed E-state index contributed by atoms with van der Waals surface area (Å²) in [4.78, 5) is 14.1. The van der Waals surface area contributed by atoms with Crippen LogP contribution in [0.25, 0.3) is 0 Å². The molecule has 1 aliphatic carbocycles. The highest BCUT2D eigenvalue weighted by molar-refractivity contribution is 7.13. The highest BCUT2D eigenvalue weighted by Gasteiger charge is 2.26. The van der Waals surface area contributed by atoms with Crippen molar-refractivity contribution in [2.24, 2.45) is 0 Å². The molecule has 0 saturated heterocycles. The van der Waals surface area contributed by atoms with Crippen LogP contribution in [0.15, 0.2) is 29.8 Å². The van der Waals surface area contributed by atoms with Crippen molar-refractivity contribution < 1.29 is 4.79 Å². The van der Waals surface area contributed by atoms with Gasteiger partial charge in [-0.1, -0.05) is 35.6 Å². The lowest BCUT2D eigenvalue weighted by Crippen LogP contribution is -2.32. The summed E-state index contributed by atoms with van der Waals surface area (Å²) < 4.78 is 0. The van der Waals surface area contributed by atoms with E-state index in [9.17, 15) is 4.79 Å². The molecule has 0 saturated carbocycles. The number of amides is 1. The van der Waals surface area contributed by atoms with Crippen molar-refractivity contribution in [2.45, 2.75) is 18.9 Å². The lowest BCUT2D eigenvalue weighted by molar-refractivity contribution is -0.117. The Morgan fingerprint density at radius 1 is 1.50 bits per heavy atom. The Kier molecular flexibility index (Phi) is 3.75. The smallest absolute Gasteiger partial charge is 0.240 e. The molecule has 1 amide bonds. The van der Waals surface area contributed by atoms with Crippen LogP contribution in [0.5, 0.6) is 0 Å². The van der Waals surface area contributed by atoms with E-state index in [0.29, 0.717) is 17.7 Å². The first-order valence-corrected chi connectivity index (χ1v) is 7.46. The minimum Gasteiger partial charge on any atom is -0.299 e. The van der Waals surface area contributed by atoms with Crippen molar-refractivity contribution in [3.05, 3.63) is 40.9 Å². The molecule has 2 aromatic rings. The molecule has 1 aromatic carbocycles. The highest BCUT2D eigenvalue weighted by Crippen LogP contribution is 2.34. The van der Waals surface area contributed by atoms with Crippen LogP contribution in [0.2, 0.25) is 0 Å². The molecule has 1 aromatic heterocycles. The average Bonchev–Trinajstić information content (AvgIpc) is 3.07. The Morgan fingerprint density at radius 2 is 2.35 bits per heavy atom. The van der Waals surface area contributed by atoms with Gasteiger partial charge in [0.2, 0.25) is 11.0 Å². The van der Waals surface area contributed by atoms with Crippen molar-refractivity contribution in [1.29, 1.82) is 0 Å². The fourth-order valence-electron chi connectivity index (χ4n) is 2.72. The van der Waals surface area contributed by atoms with Crippen molar-refractivity contribution >= 4 is 22.4 Å². The van der Waals surface area contributed by atoms with Gasteiger partial charge in [-0.05, 0) is 31.0 Å². The predicted octanol–water partition coefficient (Wildman–Crippen LogP) is 2.10. The lowest BCUT2D eigenvalue weighted by atomic mass is 10.1. The van der Waals surface area contributed by atoms with Crippen LogP contribution < -0.4 is 5.32 Å². The fourth-order valence-corrected chi connectivity index (χ4v) is 3.18. The Morgan fingerprint density at radius 3 is 3.15 bits per heavy atom. The zero-order valence-corrected chi connectivity index (χ0v) is 12.1. The van der Waals surface area contributed by atoms with E-state index in [1.165, 1.54) is 22.5 Å². The summed E-state index contributed by atoms with van der Waals surface area (Å²) in [5.74, 6) is -0.0476. The number of carbonyl (C=O) groups excluding carboxylic acids is 1. The van der Waals surface area contributed by atoms with Gasteiger partial charge < -0.3 is 0 Å². The van der Waals surface area contributed by atoms with E-state index in [2.05, 4.69) is 44.7 Å². The number of aromatic nitrogens is 2. The molecule has 0 aliphatic heterocycles. The second kappa shape index (κ2) is 5.68. The van der Waals surface area contributed by atoms with Crippen LogP contribution in [0, 0.1) is 0 Å². The minimum absolute atomic E-state index is 0.0476. The van der Waals surface area contributed by atoms with E-state index in [-0.39, 0.29) is 5.91 Å². The van der Waals surface area contributed by atoms with Gasteiger partial charge in [0.25, 0.3) is 0 Å². The average molecular weight is 288 g/mol. The molecule has 3 rings (SSSR count). The normalized spacial score (nSPS) is 17.2. The first-order valence-electron chi connectivity index (χ1n) is 6.58. The standard InChI is InChI=1S/C14H16N4OS/c1-18(8-13(19)16-14-17-15-9-20-14)12-7-6-10-4-2-3-5-11(10)12/h2-5,9,12H,6-8H2,1H3,(H,16,17,19). The Labute approximate surface area is 121 Å². The predicted molar refractivity (Wildman–Crippen MR) is 78.7 cm³/mol. The van der Waals surface area contributed by atoms with Gasteiger partial charge in [-0.25, -0.2) is 0 Å². The van der Waals surface area contributed by atoms with E-state index in [0.717, 1.165) is 12.8 Å². The summed E-state index contributed by atoms with van der Waals surface area (Å²) >= 11 is 1.33. The third-order valence-corrected chi connectivity index (χ3v) is 4.24. The molecule has 1 N–H and O–H groups in total. The van der Waals surface area contributed by atoms with Crippen LogP contribution in [0.3, 0.4) is 0 Å². The van der Waals surface area contributed by atoms with Gasteiger partial charge in [-0.2, -0.15) is 0 Å². The summed E-state index contributed by atoms with van der Waals surface area (Å²) in [6.07, 6.45) is 2.16. The number of rotatable bonds is 4. The summed E-state index contributed by atoms with van der Waals surface area (Å²) in [6, 6.07) is 8.79. The number of likely N-dealkylation sites (N-methyl/N-ethyl adjacent to an activating group) is 1. The number of fused-ring (bicyclic) bond motifs is 1. The Bertz CT molecular complexity index is 599. The highest BCUT2D eigenvalue weighted by atomic mass is 32.1. The van der Waals surface area contributed by atoms with Gasteiger partial charge >= 0.3 is 0 Å². The maximum absolute atomic E-state index is 12.0. The zero-order valence-electron chi connectivity index (χ0n) is 11.2. The maximum Gasteiger partial charge on any atom is 0.240 e. The molecule has 104 valence electrons. The first kappa shape index (κ1) is 13.2. The van der Waals surface area contributed by atoms with E-state index in [1.807, 2.05) is 7.05 Å². The van der Waals surface area contributed by atoms with Crippen molar-refractivity contribution in [3.8, 4) is 0 Å². The number of hydrogen-bond acceptors (Lipinski definition) is 5. The molecule has 1 heterocycles. The second-order valence-corrected chi connectivity index (χ2v) is 5.79. The van der Waals surface area contributed by atoms with E-state index in [1.54, 1.807) is 5.51 Å². The molecule has 0 bridgehead atoms. The number of anilines is 1. The molecule has 0 spiro atoms. The number of nitrogens with one attached hydrogen (secondary N) is 1. The molecule has 1 unspecified atom stereocenters. The third kappa shape index (κ3) is 2.71.